The van der Waals surface area contributed by atoms with Crippen molar-refractivity contribution in [1.29, 1.82) is 0 Å². The number of benzene rings is 9. The van der Waals surface area contributed by atoms with Crippen LogP contribution in [0.1, 0.15) is 25.0 Å². The van der Waals surface area contributed by atoms with Gasteiger partial charge in [0.2, 0.25) is 0 Å². The Morgan fingerprint density at radius 1 is 0.404 bits per heavy atom. The molecule has 1 aliphatic carbocycles. The predicted octanol–water partition coefficient (Wildman–Crippen LogP) is 15.5. The van der Waals surface area contributed by atoms with Gasteiger partial charge in [-0.3, -0.25) is 0 Å². The maximum Gasteiger partial charge on any atom is 0.143 e. The number of anilines is 3. The van der Waals surface area contributed by atoms with Crippen molar-refractivity contribution in [2.75, 3.05) is 4.90 Å². The largest absolute Gasteiger partial charge is 0.455 e. The summed E-state index contributed by atoms with van der Waals surface area (Å²) in [6.45, 7) is 4.75. The Morgan fingerprint density at radius 2 is 1.00 bits per heavy atom. The molecule has 0 amide bonds. The van der Waals surface area contributed by atoms with Gasteiger partial charge in [0.05, 0.1) is 0 Å². The first kappa shape index (κ1) is 33.2. The molecule has 0 radical (unpaired) electrons. The normalized spacial score (nSPS) is 12.9. The van der Waals surface area contributed by atoms with Crippen LogP contribution in [-0.4, -0.2) is 0 Å². The van der Waals surface area contributed by atoms with Gasteiger partial charge in [0.15, 0.2) is 0 Å². The molecule has 10 aromatic rings. The van der Waals surface area contributed by atoms with E-state index >= 15 is 0 Å². The molecule has 0 aliphatic heterocycles. The van der Waals surface area contributed by atoms with Gasteiger partial charge in [-0.15, -0.1) is 0 Å². The fourth-order valence-corrected chi connectivity index (χ4v) is 9.25. The van der Waals surface area contributed by atoms with E-state index in [4.69, 9.17) is 4.42 Å². The van der Waals surface area contributed by atoms with Crippen molar-refractivity contribution < 1.29 is 4.42 Å². The third kappa shape index (κ3) is 5.33. The second kappa shape index (κ2) is 13.0. The smallest absolute Gasteiger partial charge is 0.143 e. The predicted molar refractivity (Wildman–Crippen MR) is 240 cm³/mol. The highest BCUT2D eigenvalue weighted by atomic mass is 16.3. The maximum atomic E-state index is 6.45. The average molecular weight is 730 g/mol. The lowest BCUT2D eigenvalue weighted by Gasteiger charge is -2.37. The Labute approximate surface area is 332 Å². The molecule has 0 atom stereocenters. The molecule has 0 unspecified atom stereocenters. The van der Waals surface area contributed by atoms with Crippen LogP contribution in [0.3, 0.4) is 0 Å². The first-order valence-electron chi connectivity index (χ1n) is 19.8. The van der Waals surface area contributed by atoms with Crippen molar-refractivity contribution in [2.45, 2.75) is 19.3 Å². The van der Waals surface area contributed by atoms with E-state index in [1.54, 1.807) is 0 Å². The number of fused-ring (bicyclic) bond motifs is 5. The first-order valence-corrected chi connectivity index (χ1v) is 19.8. The van der Waals surface area contributed by atoms with E-state index in [0.29, 0.717) is 0 Å². The van der Waals surface area contributed by atoms with Gasteiger partial charge < -0.3 is 9.32 Å². The van der Waals surface area contributed by atoms with Crippen LogP contribution in [-0.2, 0) is 5.41 Å². The molecule has 1 aliphatic rings. The summed E-state index contributed by atoms with van der Waals surface area (Å²) < 4.78 is 6.45. The second-order valence-electron chi connectivity index (χ2n) is 15.7. The van der Waals surface area contributed by atoms with Gasteiger partial charge >= 0.3 is 0 Å². The van der Waals surface area contributed by atoms with Crippen LogP contribution >= 0.6 is 0 Å². The van der Waals surface area contributed by atoms with Crippen LogP contribution in [0.4, 0.5) is 17.1 Å². The molecule has 0 N–H and O–H groups in total. The molecule has 9 aromatic carbocycles. The Kier molecular flexibility index (Phi) is 7.55. The molecular weight excluding hydrogens is 691 g/mol. The third-order valence-corrected chi connectivity index (χ3v) is 12.1. The van der Waals surface area contributed by atoms with E-state index < -0.39 is 0 Å². The molecule has 2 heteroatoms. The van der Waals surface area contributed by atoms with E-state index in [9.17, 15) is 0 Å². The van der Waals surface area contributed by atoms with Gasteiger partial charge in [-0.25, -0.2) is 0 Å². The quantitative estimate of drug-likeness (QED) is 0.169. The highest BCUT2D eigenvalue weighted by Crippen LogP contribution is 2.53. The SMILES string of the molecule is CC1(C)c2ccc(N(c3ccc(-c4ccccc4)cc3)c3ccc(-c4cccc5c4oc4ccccc45)cc3)cc2-c2c(-c3ccccc3)ccc3cccc1c23. The van der Waals surface area contributed by atoms with Crippen molar-refractivity contribution in [3.63, 3.8) is 0 Å². The summed E-state index contributed by atoms with van der Waals surface area (Å²) in [5.41, 5.74) is 17.3. The molecule has 2 nitrogen and oxygen atoms in total. The van der Waals surface area contributed by atoms with Crippen molar-refractivity contribution in [2.24, 2.45) is 0 Å². The zero-order valence-electron chi connectivity index (χ0n) is 31.9. The van der Waals surface area contributed by atoms with E-state index in [1.165, 1.54) is 55.3 Å². The minimum Gasteiger partial charge on any atom is -0.455 e. The Hall–Kier alpha value is -7.16. The fraction of sp³-hybridized carbons (Fsp3) is 0.0545. The molecule has 270 valence electrons. The average Bonchev–Trinajstić information content (AvgIpc) is 3.66. The van der Waals surface area contributed by atoms with Crippen molar-refractivity contribution in [3.8, 4) is 44.5 Å². The van der Waals surface area contributed by atoms with E-state index in [0.717, 1.165) is 50.1 Å². The van der Waals surface area contributed by atoms with Gasteiger partial charge in [-0.1, -0.05) is 172 Å². The molecule has 0 saturated heterocycles. The van der Waals surface area contributed by atoms with Crippen LogP contribution in [0, 0.1) is 0 Å². The van der Waals surface area contributed by atoms with Crippen LogP contribution in [0.5, 0.6) is 0 Å². The Morgan fingerprint density at radius 3 is 1.75 bits per heavy atom. The monoisotopic (exact) mass is 729 g/mol. The van der Waals surface area contributed by atoms with Crippen LogP contribution in [0.15, 0.2) is 205 Å². The lowest BCUT2D eigenvalue weighted by Crippen LogP contribution is -2.24. The first-order chi connectivity index (χ1) is 28.0. The molecule has 11 rings (SSSR count). The summed E-state index contributed by atoms with van der Waals surface area (Å²) in [4.78, 5) is 2.40. The van der Waals surface area contributed by atoms with Gasteiger partial charge in [-0.05, 0) is 103 Å². The zero-order chi connectivity index (χ0) is 38.1. The summed E-state index contributed by atoms with van der Waals surface area (Å²) in [6, 6.07) is 72.6. The van der Waals surface area contributed by atoms with Gasteiger partial charge in [0, 0.05) is 38.8 Å². The summed E-state index contributed by atoms with van der Waals surface area (Å²) in [6.07, 6.45) is 0. The molecule has 1 heterocycles. The van der Waals surface area contributed by atoms with Crippen molar-refractivity contribution >= 4 is 49.8 Å². The van der Waals surface area contributed by atoms with E-state index in [2.05, 4.69) is 207 Å². The summed E-state index contributed by atoms with van der Waals surface area (Å²) in [5.74, 6) is 0. The Balaban J connectivity index is 1.10. The molecule has 57 heavy (non-hydrogen) atoms. The molecule has 0 saturated carbocycles. The molecule has 0 bridgehead atoms. The van der Waals surface area contributed by atoms with Gasteiger partial charge in [0.25, 0.3) is 0 Å². The number of hydrogen-bond donors (Lipinski definition) is 0. The van der Waals surface area contributed by atoms with Crippen LogP contribution in [0.2, 0.25) is 0 Å². The fourth-order valence-electron chi connectivity index (χ4n) is 9.25. The highest BCUT2D eigenvalue weighted by molar-refractivity contribution is 6.11. The van der Waals surface area contributed by atoms with E-state index in [-0.39, 0.29) is 5.41 Å². The maximum absolute atomic E-state index is 6.45. The number of nitrogens with zero attached hydrogens (tertiary/aromatic N) is 1. The standard InChI is InChI=1S/C55H39NO/c1-55(2)49-34-32-43(35-48(49)53-44(38-15-7-4-8-16-38)33-27-40-17-11-21-50(55)52(40)53)56(41-28-23-37(24-29-41)36-13-5-3-6-14-36)42-30-25-39(26-31-42)45-19-12-20-47-46-18-9-10-22-51(46)57-54(45)47/h3-35H,1-2H3. The highest BCUT2D eigenvalue weighted by Gasteiger charge is 2.35. The van der Waals surface area contributed by atoms with Gasteiger partial charge in [0.1, 0.15) is 11.2 Å². The minimum atomic E-state index is -0.183. The van der Waals surface area contributed by atoms with Crippen molar-refractivity contribution in [3.05, 3.63) is 211 Å². The molecule has 0 spiro atoms. The van der Waals surface area contributed by atoms with E-state index in [1.807, 2.05) is 12.1 Å². The summed E-state index contributed by atoms with van der Waals surface area (Å²) in [5, 5.41) is 4.89. The molecular formula is C55H39NO. The third-order valence-electron chi connectivity index (χ3n) is 12.1. The van der Waals surface area contributed by atoms with Crippen molar-refractivity contribution in [1.82, 2.24) is 0 Å². The number of furan rings is 1. The second-order valence-corrected chi connectivity index (χ2v) is 15.7. The number of para-hydroxylation sites is 2. The molecule has 1 aromatic heterocycles. The van der Waals surface area contributed by atoms with Gasteiger partial charge in [-0.2, -0.15) is 0 Å². The Bertz CT molecular complexity index is 3120. The molecule has 0 fully saturated rings. The van der Waals surface area contributed by atoms with Crippen LogP contribution in [0.25, 0.3) is 77.2 Å². The zero-order valence-corrected chi connectivity index (χ0v) is 31.9. The van der Waals surface area contributed by atoms with Crippen LogP contribution < -0.4 is 4.90 Å². The topological polar surface area (TPSA) is 16.4 Å². The number of rotatable bonds is 6. The summed E-state index contributed by atoms with van der Waals surface area (Å²) >= 11 is 0. The lowest BCUT2D eigenvalue weighted by atomic mass is 9.67. The lowest BCUT2D eigenvalue weighted by molar-refractivity contribution is 0.645. The minimum absolute atomic E-state index is 0.183. The summed E-state index contributed by atoms with van der Waals surface area (Å²) in [7, 11) is 0. The number of hydrogen-bond acceptors (Lipinski definition) is 2.